The second kappa shape index (κ2) is 11.2. The van der Waals surface area contributed by atoms with Gasteiger partial charge in [-0.25, -0.2) is 4.99 Å². The summed E-state index contributed by atoms with van der Waals surface area (Å²) in [5, 5.41) is 3.36. The van der Waals surface area contributed by atoms with Crippen LogP contribution in [-0.2, 0) is 4.79 Å². The number of nitrogens with zero attached hydrogens (tertiary/aromatic N) is 3. The number of benzene rings is 1. The molecule has 1 unspecified atom stereocenters. The van der Waals surface area contributed by atoms with Crippen molar-refractivity contribution in [2.75, 3.05) is 47.9 Å². The van der Waals surface area contributed by atoms with E-state index in [1.165, 1.54) is 4.90 Å². The summed E-state index contributed by atoms with van der Waals surface area (Å²) in [5.74, 6) is 2.26. The second-order valence-corrected chi connectivity index (χ2v) is 6.33. The van der Waals surface area contributed by atoms with Crippen LogP contribution in [0.2, 0.25) is 0 Å². The van der Waals surface area contributed by atoms with Crippen molar-refractivity contribution in [3.63, 3.8) is 0 Å². The molecule has 0 saturated heterocycles. The van der Waals surface area contributed by atoms with Crippen molar-refractivity contribution in [1.29, 1.82) is 0 Å². The topological polar surface area (TPSA) is 66.4 Å². The minimum atomic E-state index is -0.0312. The Labute approximate surface area is 157 Å². The summed E-state index contributed by atoms with van der Waals surface area (Å²) in [4.78, 5) is 19.8. The van der Waals surface area contributed by atoms with Crippen LogP contribution in [0, 0.1) is 0 Å². The summed E-state index contributed by atoms with van der Waals surface area (Å²) in [7, 11) is 7.03. The van der Waals surface area contributed by atoms with E-state index in [1.807, 2.05) is 36.2 Å². The standard InChI is InChI=1S/C19H32N4O3/c1-7-15(2)21-19(20-14-18(24)22(3)4)23(5)12-13-26-17-10-8-16(25-6)9-11-17/h8-11,15H,7,12-14H2,1-6H3,(H,20,21). The fourth-order valence-electron chi connectivity index (χ4n) is 1.96. The maximum atomic E-state index is 11.8. The van der Waals surface area contributed by atoms with E-state index in [0.29, 0.717) is 19.1 Å². The van der Waals surface area contributed by atoms with Gasteiger partial charge in [0, 0.05) is 27.2 Å². The highest BCUT2D eigenvalue weighted by molar-refractivity contribution is 5.84. The van der Waals surface area contributed by atoms with Gasteiger partial charge < -0.3 is 24.6 Å². The minimum absolute atomic E-state index is 0.0312. The molecule has 0 bridgehead atoms. The van der Waals surface area contributed by atoms with Gasteiger partial charge in [-0.1, -0.05) is 6.92 Å². The number of aliphatic imine (C=N–C) groups is 1. The van der Waals surface area contributed by atoms with Gasteiger partial charge in [0.25, 0.3) is 0 Å². The third-order valence-corrected chi connectivity index (χ3v) is 3.97. The normalized spacial score (nSPS) is 12.3. The first-order valence-electron chi connectivity index (χ1n) is 8.86. The molecule has 0 aliphatic carbocycles. The molecule has 0 aliphatic rings. The maximum Gasteiger partial charge on any atom is 0.243 e. The van der Waals surface area contributed by atoms with Crippen molar-refractivity contribution < 1.29 is 14.3 Å². The Bertz CT molecular complexity index is 573. The lowest BCUT2D eigenvalue weighted by atomic mass is 10.3. The summed E-state index contributed by atoms with van der Waals surface area (Å²) < 4.78 is 10.9. The molecule has 7 heteroatoms. The predicted octanol–water partition coefficient (Wildman–Crippen LogP) is 1.84. The fourth-order valence-corrected chi connectivity index (χ4v) is 1.96. The number of methoxy groups -OCH3 is 1. The van der Waals surface area contributed by atoms with E-state index in [0.717, 1.165) is 17.9 Å². The lowest BCUT2D eigenvalue weighted by molar-refractivity contribution is -0.127. The molecule has 1 amide bonds. The molecule has 1 aromatic carbocycles. The molecular weight excluding hydrogens is 332 g/mol. The molecule has 0 saturated carbocycles. The molecule has 146 valence electrons. The molecule has 0 spiro atoms. The predicted molar refractivity (Wildman–Crippen MR) is 105 cm³/mol. The van der Waals surface area contributed by atoms with Crippen molar-refractivity contribution in [3.8, 4) is 11.5 Å². The van der Waals surface area contributed by atoms with Crippen LogP contribution in [0.1, 0.15) is 20.3 Å². The van der Waals surface area contributed by atoms with Crippen LogP contribution in [-0.4, -0.2) is 75.7 Å². The van der Waals surface area contributed by atoms with Crippen LogP contribution in [0.3, 0.4) is 0 Å². The number of guanidine groups is 1. The molecule has 1 aromatic rings. The Morgan fingerprint density at radius 1 is 1.19 bits per heavy atom. The molecule has 1 rings (SSSR count). The minimum Gasteiger partial charge on any atom is -0.497 e. The van der Waals surface area contributed by atoms with Gasteiger partial charge in [0.15, 0.2) is 5.96 Å². The van der Waals surface area contributed by atoms with Crippen LogP contribution in [0.15, 0.2) is 29.3 Å². The number of likely N-dealkylation sites (N-methyl/N-ethyl adjacent to an activating group) is 2. The molecule has 1 N–H and O–H groups in total. The second-order valence-electron chi connectivity index (χ2n) is 6.33. The lowest BCUT2D eigenvalue weighted by Gasteiger charge is -2.25. The van der Waals surface area contributed by atoms with Crippen LogP contribution in [0.5, 0.6) is 11.5 Å². The Morgan fingerprint density at radius 3 is 2.35 bits per heavy atom. The number of nitrogens with one attached hydrogen (secondary N) is 1. The van der Waals surface area contributed by atoms with E-state index in [9.17, 15) is 4.79 Å². The molecule has 0 heterocycles. The van der Waals surface area contributed by atoms with E-state index in [2.05, 4.69) is 24.2 Å². The summed E-state index contributed by atoms with van der Waals surface area (Å²) >= 11 is 0. The third-order valence-electron chi connectivity index (χ3n) is 3.97. The zero-order valence-corrected chi connectivity index (χ0v) is 16.8. The number of ether oxygens (including phenoxy) is 2. The monoisotopic (exact) mass is 364 g/mol. The quantitative estimate of drug-likeness (QED) is 0.535. The largest absolute Gasteiger partial charge is 0.497 e. The molecule has 1 atom stereocenters. The Morgan fingerprint density at radius 2 is 1.81 bits per heavy atom. The highest BCUT2D eigenvalue weighted by Crippen LogP contribution is 2.16. The molecule has 0 fully saturated rings. The van der Waals surface area contributed by atoms with Crippen LogP contribution < -0.4 is 14.8 Å². The first kappa shape index (κ1) is 21.6. The van der Waals surface area contributed by atoms with Gasteiger partial charge in [-0.05, 0) is 37.6 Å². The van der Waals surface area contributed by atoms with E-state index >= 15 is 0 Å². The summed E-state index contributed by atoms with van der Waals surface area (Å²) in [6, 6.07) is 7.75. The molecule has 26 heavy (non-hydrogen) atoms. The van der Waals surface area contributed by atoms with Crippen LogP contribution >= 0.6 is 0 Å². The van der Waals surface area contributed by atoms with Crippen molar-refractivity contribution in [3.05, 3.63) is 24.3 Å². The van der Waals surface area contributed by atoms with E-state index in [4.69, 9.17) is 9.47 Å². The zero-order chi connectivity index (χ0) is 19.5. The molecule has 0 aromatic heterocycles. The van der Waals surface area contributed by atoms with Gasteiger partial charge in [0.1, 0.15) is 24.7 Å². The van der Waals surface area contributed by atoms with Gasteiger partial charge in [0.05, 0.1) is 13.7 Å². The highest BCUT2D eigenvalue weighted by Gasteiger charge is 2.11. The van der Waals surface area contributed by atoms with Crippen molar-refractivity contribution in [2.24, 2.45) is 4.99 Å². The van der Waals surface area contributed by atoms with Crippen molar-refractivity contribution >= 4 is 11.9 Å². The fraction of sp³-hybridized carbons (Fsp3) is 0.579. The van der Waals surface area contributed by atoms with E-state index < -0.39 is 0 Å². The number of hydrogen-bond acceptors (Lipinski definition) is 4. The average Bonchev–Trinajstić information content (AvgIpc) is 2.64. The maximum absolute atomic E-state index is 11.8. The number of amides is 1. The van der Waals surface area contributed by atoms with Crippen molar-refractivity contribution in [1.82, 2.24) is 15.1 Å². The van der Waals surface area contributed by atoms with Gasteiger partial charge in [0.2, 0.25) is 5.91 Å². The lowest BCUT2D eigenvalue weighted by Crippen LogP contribution is -2.45. The molecule has 0 radical (unpaired) electrons. The Balaban J connectivity index is 2.61. The first-order chi connectivity index (χ1) is 12.4. The van der Waals surface area contributed by atoms with E-state index in [1.54, 1.807) is 21.2 Å². The number of carbonyl (C=O) groups excluding carboxylic acids is 1. The number of carbonyl (C=O) groups is 1. The van der Waals surface area contributed by atoms with Gasteiger partial charge in [-0.2, -0.15) is 0 Å². The first-order valence-corrected chi connectivity index (χ1v) is 8.86. The number of rotatable bonds is 9. The van der Waals surface area contributed by atoms with Crippen molar-refractivity contribution in [2.45, 2.75) is 26.3 Å². The van der Waals surface area contributed by atoms with Crippen LogP contribution in [0.25, 0.3) is 0 Å². The summed E-state index contributed by atoms with van der Waals surface area (Å²) in [6.07, 6.45) is 0.969. The summed E-state index contributed by atoms with van der Waals surface area (Å²) in [5.41, 5.74) is 0. The molecular formula is C19H32N4O3. The smallest absolute Gasteiger partial charge is 0.243 e. The number of hydrogen-bond donors (Lipinski definition) is 1. The SMILES string of the molecule is CCC(C)NC(=NCC(=O)N(C)C)N(C)CCOc1ccc(OC)cc1. The Hall–Kier alpha value is -2.44. The van der Waals surface area contributed by atoms with E-state index in [-0.39, 0.29) is 18.5 Å². The van der Waals surface area contributed by atoms with Crippen LogP contribution in [0.4, 0.5) is 0 Å². The third kappa shape index (κ3) is 7.63. The summed E-state index contributed by atoms with van der Waals surface area (Å²) in [6.45, 7) is 5.46. The average molecular weight is 364 g/mol. The van der Waals surface area contributed by atoms with Gasteiger partial charge in [-0.3, -0.25) is 4.79 Å². The van der Waals surface area contributed by atoms with Gasteiger partial charge in [-0.15, -0.1) is 0 Å². The van der Waals surface area contributed by atoms with Gasteiger partial charge >= 0.3 is 0 Å². The highest BCUT2D eigenvalue weighted by atomic mass is 16.5. The Kier molecular flexibility index (Phi) is 9.33. The molecule has 0 aliphatic heterocycles. The zero-order valence-electron chi connectivity index (χ0n) is 16.8. The molecule has 7 nitrogen and oxygen atoms in total.